The molecule has 11 N–H and O–H groups in total. The normalized spacial score (nSPS) is 15.0. The van der Waals surface area contributed by atoms with Crippen molar-refractivity contribution in [1.29, 1.82) is 0 Å². The van der Waals surface area contributed by atoms with Crippen LogP contribution in [0.3, 0.4) is 0 Å². The van der Waals surface area contributed by atoms with Crippen LogP contribution in [0.5, 0.6) is 0 Å². The Labute approximate surface area is 215 Å². The number of imidazole rings is 1. The van der Waals surface area contributed by atoms with Crippen molar-refractivity contribution in [3.8, 4) is 0 Å². The number of hydrogen-bond acceptors (Lipinski definition) is 8. The molecular formula is C21H37N9O5S. The number of nitrogens with one attached hydrogen (secondary N) is 4. The number of thiol groups is 1. The second-order valence-electron chi connectivity index (χ2n) is 8.35. The summed E-state index contributed by atoms with van der Waals surface area (Å²) in [6.07, 6.45) is 4.05. The van der Waals surface area contributed by atoms with Gasteiger partial charge in [0.05, 0.1) is 12.4 Å². The number of carboxylic acid groups (broad SMARTS) is 1. The lowest BCUT2D eigenvalue weighted by molar-refractivity contribution is -0.141. The van der Waals surface area contributed by atoms with Crippen LogP contribution in [0.4, 0.5) is 0 Å². The highest BCUT2D eigenvalue weighted by molar-refractivity contribution is 7.80. The molecule has 1 aromatic rings. The molecule has 0 aliphatic rings. The van der Waals surface area contributed by atoms with E-state index in [9.17, 15) is 24.3 Å². The van der Waals surface area contributed by atoms with Gasteiger partial charge in [0.15, 0.2) is 5.96 Å². The average molecular weight is 528 g/mol. The molecule has 0 radical (unpaired) electrons. The molecule has 0 aliphatic carbocycles. The number of aromatic amines is 1. The topological polar surface area (TPSA) is 244 Å². The number of rotatable bonds is 16. The number of aromatic nitrogens is 2. The van der Waals surface area contributed by atoms with Crippen LogP contribution in [0.15, 0.2) is 17.5 Å². The molecule has 1 aromatic heterocycles. The number of carbonyl (C=O) groups is 4. The number of amides is 3. The lowest BCUT2D eigenvalue weighted by Crippen LogP contribution is -2.58. The van der Waals surface area contributed by atoms with Crippen molar-refractivity contribution in [3.05, 3.63) is 18.2 Å². The van der Waals surface area contributed by atoms with Gasteiger partial charge in [-0.05, 0) is 18.8 Å². The Kier molecular flexibility index (Phi) is 13.3. The summed E-state index contributed by atoms with van der Waals surface area (Å²) in [4.78, 5) is 60.7. The van der Waals surface area contributed by atoms with Gasteiger partial charge in [0.25, 0.3) is 0 Å². The van der Waals surface area contributed by atoms with E-state index in [1.165, 1.54) is 12.5 Å². The van der Waals surface area contributed by atoms with Crippen LogP contribution < -0.4 is 33.2 Å². The maximum absolute atomic E-state index is 13.2. The molecule has 14 nitrogen and oxygen atoms in total. The molecule has 202 valence electrons. The second kappa shape index (κ2) is 15.6. The van der Waals surface area contributed by atoms with Gasteiger partial charge >= 0.3 is 5.97 Å². The van der Waals surface area contributed by atoms with Gasteiger partial charge in [0.1, 0.15) is 18.1 Å². The van der Waals surface area contributed by atoms with E-state index in [4.69, 9.17) is 17.2 Å². The van der Waals surface area contributed by atoms with E-state index < -0.39 is 47.9 Å². The van der Waals surface area contributed by atoms with Crippen molar-refractivity contribution in [1.82, 2.24) is 25.9 Å². The van der Waals surface area contributed by atoms with E-state index in [0.717, 1.165) is 0 Å². The van der Waals surface area contributed by atoms with Crippen molar-refractivity contribution in [2.75, 3.05) is 12.3 Å². The van der Waals surface area contributed by atoms with Crippen LogP contribution in [0.2, 0.25) is 0 Å². The zero-order valence-corrected chi connectivity index (χ0v) is 21.3. The molecule has 1 rings (SSSR count). The Balaban J connectivity index is 3.07. The van der Waals surface area contributed by atoms with Gasteiger partial charge in [-0.1, -0.05) is 20.3 Å². The van der Waals surface area contributed by atoms with Crippen LogP contribution >= 0.6 is 12.6 Å². The fourth-order valence-corrected chi connectivity index (χ4v) is 3.36. The van der Waals surface area contributed by atoms with Gasteiger partial charge < -0.3 is 43.2 Å². The number of H-pyrrole nitrogens is 1. The monoisotopic (exact) mass is 527 g/mol. The zero-order chi connectivity index (χ0) is 27.3. The summed E-state index contributed by atoms with van der Waals surface area (Å²) in [6, 6.07) is -4.30. The van der Waals surface area contributed by atoms with Gasteiger partial charge in [-0.15, -0.1) is 0 Å². The van der Waals surface area contributed by atoms with Crippen molar-refractivity contribution in [2.24, 2.45) is 28.1 Å². The number of hydrogen-bond donors (Lipinski definition) is 9. The van der Waals surface area contributed by atoms with E-state index in [2.05, 4.69) is 43.5 Å². The van der Waals surface area contributed by atoms with Crippen LogP contribution in [0.1, 0.15) is 38.8 Å². The van der Waals surface area contributed by atoms with Crippen LogP contribution in [-0.2, 0) is 25.6 Å². The minimum Gasteiger partial charge on any atom is -0.480 e. The highest BCUT2D eigenvalue weighted by Gasteiger charge is 2.31. The molecule has 0 aromatic carbocycles. The summed E-state index contributed by atoms with van der Waals surface area (Å²) in [7, 11) is 0. The van der Waals surface area contributed by atoms with Gasteiger partial charge in [-0.3, -0.25) is 19.4 Å². The van der Waals surface area contributed by atoms with E-state index in [-0.39, 0.29) is 37.0 Å². The lowest BCUT2D eigenvalue weighted by Gasteiger charge is -2.26. The van der Waals surface area contributed by atoms with Gasteiger partial charge in [0.2, 0.25) is 17.7 Å². The summed E-state index contributed by atoms with van der Waals surface area (Å²) >= 11 is 3.95. The van der Waals surface area contributed by atoms with Crippen molar-refractivity contribution < 1.29 is 24.3 Å². The third kappa shape index (κ3) is 10.5. The zero-order valence-electron chi connectivity index (χ0n) is 20.4. The minimum atomic E-state index is -1.27. The first-order valence-corrected chi connectivity index (χ1v) is 12.2. The summed E-state index contributed by atoms with van der Waals surface area (Å²) < 4.78 is 0. The van der Waals surface area contributed by atoms with Crippen molar-refractivity contribution in [3.63, 3.8) is 0 Å². The van der Waals surface area contributed by atoms with Crippen LogP contribution in [0, 0.1) is 5.92 Å². The predicted molar refractivity (Wildman–Crippen MR) is 137 cm³/mol. The second-order valence-corrected chi connectivity index (χ2v) is 8.71. The van der Waals surface area contributed by atoms with Crippen LogP contribution in [-0.4, -0.2) is 81.2 Å². The van der Waals surface area contributed by atoms with Crippen LogP contribution in [0.25, 0.3) is 0 Å². The summed E-state index contributed by atoms with van der Waals surface area (Å²) in [5.41, 5.74) is 17.2. The molecule has 36 heavy (non-hydrogen) atoms. The Bertz CT molecular complexity index is 892. The highest BCUT2D eigenvalue weighted by Crippen LogP contribution is 2.08. The quantitative estimate of drug-likeness (QED) is 0.0491. The number of aliphatic imine (C=N–C) groups is 1. The summed E-state index contributed by atoms with van der Waals surface area (Å²) in [5.74, 6) is -3.54. The molecule has 0 bridgehead atoms. The van der Waals surface area contributed by atoms with E-state index in [1.54, 1.807) is 0 Å². The van der Waals surface area contributed by atoms with E-state index >= 15 is 0 Å². The molecule has 1 heterocycles. The van der Waals surface area contributed by atoms with E-state index in [0.29, 0.717) is 18.5 Å². The molecule has 0 saturated carbocycles. The molecule has 0 fully saturated rings. The Morgan fingerprint density at radius 1 is 1.11 bits per heavy atom. The standard InChI is InChI=1S/C21H37N9O5S/c1-3-11(2)16(22)19(33)28-13(5-4-6-26-21(23)24)17(31)29-14(7-12-8-25-10-27-12)18(32)30-15(9-36)20(34)35/h8,10-11,13-16,36H,3-7,9,22H2,1-2H3,(H,25,27)(H,28,33)(H,29,31)(H,30,32)(H,34,35)(H4,23,24,26). The molecule has 5 unspecified atom stereocenters. The largest absolute Gasteiger partial charge is 0.480 e. The molecule has 3 amide bonds. The Hall–Kier alpha value is -3.33. The SMILES string of the molecule is CCC(C)C(N)C(=O)NC(CCCN=C(N)N)C(=O)NC(Cc1cnc[nH]1)C(=O)NC(CS)C(=O)O. The first-order valence-electron chi connectivity index (χ1n) is 11.5. The summed E-state index contributed by atoms with van der Waals surface area (Å²) in [5, 5.41) is 16.9. The highest BCUT2D eigenvalue weighted by atomic mass is 32.1. The fraction of sp³-hybridized carbons (Fsp3) is 0.619. The first kappa shape index (κ1) is 30.7. The Morgan fingerprint density at radius 3 is 2.25 bits per heavy atom. The van der Waals surface area contributed by atoms with Gasteiger partial charge in [-0.2, -0.15) is 12.6 Å². The molecule has 5 atom stereocenters. The maximum Gasteiger partial charge on any atom is 0.327 e. The predicted octanol–water partition coefficient (Wildman–Crippen LogP) is -2.15. The molecule has 0 saturated heterocycles. The molecular weight excluding hydrogens is 490 g/mol. The number of carbonyl (C=O) groups excluding carboxylic acids is 3. The van der Waals surface area contributed by atoms with Crippen molar-refractivity contribution in [2.45, 2.75) is 63.7 Å². The number of guanidine groups is 1. The number of aliphatic carboxylic acids is 1. The smallest absolute Gasteiger partial charge is 0.327 e. The summed E-state index contributed by atoms with van der Waals surface area (Å²) in [6.45, 7) is 3.94. The molecule has 0 spiro atoms. The fourth-order valence-electron chi connectivity index (χ4n) is 3.11. The first-order chi connectivity index (χ1) is 17.0. The number of nitrogens with two attached hydrogens (primary N) is 3. The third-order valence-electron chi connectivity index (χ3n) is 5.55. The lowest BCUT2D eigenvalue weighted by atomic mass is 9.98. The number of nitrogens with zero attached hydrogens (tertiary/aromatic N) is 2. The molecule has 0 aliphatic heterocycles. The maximum atomic E-state index is 13.2. The molecule has 15 heteroatoms. The van der Waals surface area contributed by atoms with Crippen molar-refractivity contribution >= 4 is 42.3 Å². The Morgan fingerprint density at radius 2 is 1.72 bits per heavy atom. The minimum absolute atomic E-state index is 0.00245. The number of carboxylic acids is 1. The van der Waals surface area contributed by atoms with Gasteiger partial charge in [0, 0.05) is 30.6 Å². The average Bonchev–Trinajstić information content (AvgIpc) is 3.35. The third-order valence-corrected chi connectivity index (χ3v) is 5.91. The van der Waals surface area contributed by atoms with E-state index in [1.807, 2.05) is 13.8 Å². The van der Waals surface area contributed by atoms with Gasteiger partial charge in [-0.25, -0.2) is 9.78 Å².